The Labute approximate surface area is 109 Å². The van der Waals surface area contributed by atoms with Gasteiger partial charge in [0.25, 0.3) is 0 Å². The van der Waals surface area contributed by atoms with Crippen molar-refractivity contribution in [2.75, 3.05) is 0 Å². The zero-order chi connectivity index (χ0) is 13.0. The highest BCUT2D eigenvalue weighted by Gasteiger charge is 2.08. The smallest absolute Gasteiger partial charge is 0.0963 e. The second-order valence-corrected chi connectivity index (χ2v) is 5.65. The van der Waals surface area contributed by atoms with Crippen LogP contribution in [0.1, 0.15) is 63.9 Å². The maximum atomic E-state index is 4.67. The van der Waals surface area contributed by atoms with Gasteiger partial charge in [0, 0.05) is 5.92 Å². The van der Waals surface area contributed by atoms with E-state index in [4.69, 9.17) is 0 Å². The maximum Gasteiger partial charge on any atom is 0.0963 e. The van der Waals surface area contributed by atoms with Crippen LogP contribution in [0.5, 0.6) is 0 Å². The van der Waals surface area contributed by atoms with Crippen LogP contribution in [0.4, 0.5) is 0 Å². The van der Waals surface area contributed by atoms with E-state index in [1.165, 1.54) is 15.3 Å². The van der Waals surface area contributed by atoms with Gasteiger partial charge in [0.15, 0.2) is 0 Å². The van der Waals surface area contributed by atoms with Crippen molar-refractivity contribution >= 4 is 21.6 Å². The number of thiazole rings is 1. The van der Waals surface area contributed by atoms with Crippen LogP contribution in [0, 0.1) is 0 Å². The molecular weight excluding hydrogens is 226 g/mol. The summed E-state index contributed by atoms with van der Waals surface area (Å²) in [6, 6.07) is 6.64. The molecule has 0 fully saturated rings. The van der Waals surface area contributed by atoms with Gasteiger partial charge in [-0.3, -0.25) is 0 Å². The molecule has 0 aliphatic carbocycles. The largest absolute Gasteiger partial charge is 0.241 e. The summed E-state index contributed by atoms with van der Waals surface area (Å²) < 4.78 is 1.31. The molecule has 0 spiro atoms. The van der Waals surface area contributed by atoms with Crippen LogP contribution >= 0.6 is 11.3 Å². The Kier molecular flexibility index (Phi) is 5.13. The highest BCUT2D eigenvalue weighted by Crippen LogP contribution is 2.29. The number of nitrogens with zero attached hydrogens (tertiary/aromatic N) is 1. The minimum atomic E-state index is 0.532. The fourth-order valence-corrected chi connectivity index (χ4v) is 2.52. The van der Waals surface area contributed by atoms with Crippen LogP contribution in [0.15, 0.2) is 18.2 Å². The van der Waals surface area contributed by atoms with Gasteiger partial charge in [-0.25, -0.2) is 4.98 Å². The Hall–Kier alpha value is -0.890. The lowest BCUT2D eigenvalue weighted by molar-refractivity contribution is 0.854. The zero-order valence-corrected chi connectivity index (χ0v) is 12.6. The monoisotopic (exact) mass is 249 g/mol. The van der Waals surface area contributed by atoms with Crippen molar-refractivity contribution in [3.8, 4) is 0 Å². The highest BCUT2D eigenvalue weighted by molar-refractivity contribution is 7.18. The number of fused-ring (bicyclic) bond motifs is 1. The molecule has 0 N–H and O–H groups in total. The fraction of sp³-hybridized carbons (Fsp3) is 0.533. The molecule has 0 unspecified atom stereocenters. The van der Waals surface area contributed by atoms with Gasteiger partial charge in [0.1, 0.15) is 0 Å². The first-order valence-electron chi connectivity index (χ1n) is 6.48. The number of rotatable bonds is 2. The molecule has 0 saturated heterocycles. The second-order valence-electron chi connectivity index (χ2n) is 4.59. The standard InChI is InChI=1S/C13H17NS.C2H6/c1-8(2)10-5-6-12-11(7-10)14-13(15-12)9(3)4;1-2/h5-9H,1-4H3;1-2H3. The molecular formula is C15H23NS. The van der Waals surface area contributed by atoms with E-state index in [0.29, 0.717) is 11.8 Å². The Balaban J connectivity index is 0.000000686. The summed E-state index contributed by atoms with van der Waals surface area (Å²) in [4.78, 5) is 4.67. The van der Waals surface area contributed by atoms with E-state index in [-0.39, 0.29) is 0 Å². The molecule has 0 saturated carbocycles. The van der Waals surface area contributed by atoms with Gasteiger partial charge >= 0.3 is 0 Å². The van der Waals surface area contributed by atoms with Crippen LogP contribution in [-0.4, -0.2) is 4.98 Å². The van der Waals surface area contributed by atoms with Crippen LogP contribution in [0.3, 0.4) is 0 Å². The quantitative estimate of drug-likeness (QED) is 0.678. The molecule has 0 atom stereocenters. The maximum absolute atomic E-state index is 4.67. The van der Waals surface area contributed by atoms with Crippen molar-refractivity contribution in [1.29, 1.82) is 0 Å². The molecule has 0 bridgehead atoms. The second kappa shape index (κ2) is 6.15. The molecule has 0 aliphatic heterocycles. The normalized spacial score (nSPS) is 10.8. The molecule has 2 heteroatoms. The molecule has 1 nitrogen and oxygen atoms in total. The number of aromatic nitrogens is 1. The summed E-state index contributed by atoms with van der Waals surface area (Å²) in [5.41, 5.74) is 2.54. The van der Waals surface area contributed by atoms with Gasteiger partial charge in [0.2, 0.25) is 0 Å². The van der Waals surface area contributed by atoms with E-state index in [2.05, 4.69) is 50.9 Å². The summed E-state index contributed by atoms with van der Waals surface area (Å²) >= 11 is 1.81. The fourth-order valence-electron chi connectivity index (χ4n) is 1.57. The minimum absolute atomic E-state index is 0.532. The third kappa shape index (κ3) is 3.29. The summed E-state index contributed by atoms with van der Waals surface area (Å²) in [6.45, 7) is 12.8. The van der Waals surface area contributed by atoms with Gasteiger partial charge in [-0.05, 0) is 23.6 Å². The van der Waals surface area contributed by atoms with E-state index < -0.39 is 0 Å². The first-order chi connectivity index (χ1) is 8.08. The molecule has 1 heterocycles. The molecule has 2 aromatic rings. The highest BCUT2D eigenvalue weighted by atomic mass is 32.1. The lowest BCUT2D eigenvalue weighted by atomic mass is 10.0. The summed E-state index contributed by atoms with van der Waals surface area (Å²) in [5, 5.41) is 1.24. The number of hydrogen-bond donors (Lipinski definition) is 0. The van der Waals surface area contributed by atoms with E-state index >= 15 is 0 Å². The topological polar surface area (TPSA) is 12.9 Å². The van der Waals surface area contributed by atoms with Crippen molar-refractivity contribution in [3.63, 3.8) is 0 Å². The lowest BCUT2D eigenvalue weighted by Crippen LogP contribution is -1.86. The predicted molar refractivity (Wildman–Crippen MR) is 79.1 cm³/mol. The van der Waals surface area contributed by atoms with E-state index in [0.717, 1.165) is 5.52 Å². The third-order valence-corrected chi connectivity index (χ3v) is 3.93. The lowest BCUT2D eigenvalue weighted by Gasteiger charge is -2.03. The Morgan fingerprint density at radius 3 is 2.18 bits per heavy atom. The van der Waals surface area contributed by atoms with Crippen molar-refractivity contribution in [2.45, 2.75) is 53.4 Å². The molecule has 1 aromatic carbocycles. The van der Waals surface area contributed by atoms with E-state index in [1.807, 2.05) is 25.2 Å². The molecule has 2 rings (SSSR count). The van der Waals surface area contributed by atoms with Gasteiger partial charge < -0.3 is 0 Å². The molecule has 1 aromatic heterocycles. The molecule has 0 aliphatic rings. The summed E-state index contributed by atoms with van der Waals surface area (Å²) in [5.74, 6) is 1.11. The first kappa shape index (κ1) is 14.2. The Morgan fingerprint density at radius 1 is 1.00 bits per heavy atom. The van der Waals surface area contributed by atoms with Crippen molar-refractivity contribution in [2.24, 2.45) is 0 Å². The van der Waals surface area contributed by atoms with Gasteiger partial charge in [0.05, 0.1) is 15.2 Å². The van der Waals surface area contributed by atoms with Crippen LogP contribution in [0.2, 0.25) is 0 Å². The van der Waals surface area contributed by atoms with E-state index in [1.54, 1.807) is 0 Å². The van der Waals surface area contributed by atoms with Crippen molar-refractivity contribution in [1.82, 2.24) is 4.98 Å². The van der Waals surface area contributed by atoms with Gasteiger partial charge in [-0.1, -0.05) is 47.6 Å². The average molecular weight is 249 g/mol. The minimum Gasteiger partial charge on any atom is -0.241 e. The number of benzene rings is 1. The molecule has 0 amide bonds. The van der Waals surface area contributed by atoms with Crippen LogP contribution in [0.25, 0.3) is 10.2 Å². The Morgan fingerprint density at radius 2 is 1.65 bits per heavy atom. The van der Waals surface area contributed by atoms with Crippen LogP contribution in [-0.2, 0) is 0 Å². The van der Waals surface area contributed by atoms with Crippen molar-refractivity contribution < 1.29 is 0 Å². The summed E-state index contributed by atoms with van der Waals surface area (Å²) in [7, 11) is 0. The van der Waals surface area contributed by atoms with Gasteiger partial charge in [-0.15, -0.1) is 11.3 Å². The SMILES string of the molecule is CC.CC(C)c1ccc2sc(C(C)C)nc2c1. The van der Waals surface area contributed by atoms with Crippen molar-refractivity contribution in [3.05, 3.63) is 28.8 Å². The predicted octanol–water partition coefficient (Wildman–Crippen LogP) is 5.57. The van der Waals surface area contributed by atoms with E-state index in [9.17, 15) is 0 Å². The molecule has 17 heavy (non-hydrogen) atoms. The summed E-state index contributed by atoms with van der Waals surface area (Å²) in [6.07, 6.45) is 0. The zero-order valence-electron chi connectivity index (χ0n) is 11.7. The van der Waals surface area contributed by atoms with Crippen LogP contribution < -0.4 is 0 Å². The third-order valence-electron chi connectivity index (χ3n) is 2.59. The van der Waals surface area contributed by atoms with Gasteiger partial charge in [-0.2, -0.15) is 0 Å². The molecule has 94 valence electrons. The number of hydrogen-bond acceptors (Lipinski definition) is 2. The average Bonchev–Trinajstić information content (AvgIpc) is 2.74. The first-order valence-corrected chi connectivity index (χ1v) is 7.30. The molecule has 0 radical (unpaired) electrons. The Bertz CT molecular complexity index is 463.